The second-order valence-corrected chi connectivity index (χ2v) is 3.60. The molecule has 0 aliphatic carbocycles. The summed E-state index contributed by atoms with van der Waals surface area (Å²) in [4.78, 5) is 32.7. The molecule has 0 aromatic heterocycles. The number of carboxylic acids is 1. The summed E-state index contributed by atoms with van der Waals surface area (Å²) in [5.41, 5.74) is 0. The van der Waals surface area contributed by atoms with Crippen molar-refractivity contribution in [3.8, 4) is 0 Å². The molecular weight excluding hydrogens is 226 g/mol. The van der Waals surface area contributed by atoms with Gasteiger partial charge >= 0.3 is 12.0 Å². The number of rotatable bonds is 7. The Hall–Kier alpha value is -1.63. The van der Waals surface area contributed by atoms with Crippen LogP contribution in [0, 0.1) is 0 Å². The van der Waals surface area contributed by atoms with Crippen molar-refractivity contribution in [2.45, 2.75) is 32.7 Å². The molecule has 4 N–H and O–H groups in total. The van der Waals surface area contributed by atoms with Gasteiger partial charge in [0.2, 0.25) is 5.91 Å². The molecule has 1 atom stereocenters. The second kappa shape index (κ2) is 8.51. The summed E-state index contributed by atoms with van der Waals surface area (Å²) in [6, 6.07) is -1.39. The first-order valence-corrected chi connectivity index (χ1v) is 5.51. The Labute approximate surface area is 100.0 Å². The molecule has 0 aliphatic heterocycles. The first-order valence-electron chi connectivity index (χ1n) is 5.51. The number of urea groups is 1. The summed E-state index contributed by atoms with van der Waals surface area (Å²) < 4.78 is 0. The number of aliphatic carboxylic acids is 1. The highest BCUT2D eigenvalue weighted by molar-refractivity contribution is 5.95. The van der Waals surface area contributed by atoms with Crippen LogP contribution in [0.15, 0.2) is 0 Å². The molecule has 0 unspecified atom stereocenters. The van der Waals surface area contributed by atoms with Crippen molar-refractivity contribution in [3.63, 3.8) is 0 Å². The van der Waals surface area contributed by atoms with E-state index in [9.17, 15) is 14.4 Å². The largest absolute Gasteiger partial charge is 0.480 e. The van der Waals surface area contributed by atoms with Gasteiger partial charge in [0.05, 0.1) is 6.54 Å². The Morgan fingerprint density at radius 2 is 1.94 bits per heavy atom. The molecule has 0 saturated carbocycles. The van der Waals surface area contributed by atoms with Gasteiger partial charge in [-0.05, 0) is 13.3 Å². The molecule has 3 amide bonds. The van der Waals surface area contributed by atoms with Crippen molar-refractivity contribution in [2.75, 3.05) is 13.1 Å². The lowest BCUT2D eigenvalue weighted by Crippen LogP contribution is -2.46. The molecule has 0 rings (SSSR count). The SMILES string of the molecule is CCCCNC(=O)NC(=O)CN[C@H](C)C(=O)O. The third kappa shape index (κ3) is 8.21. The van der Waals surface area contributed by atoms with Crippen LogP contribution >= 0.6 is 0 Å². The molecule has 0 saturated heterocycles. The molecule has 0 aromatic carbocycles. The number of carboxylic acid groups (broad SMARTS) is 1. The predicted molar refractivity (Wildman–Crippen MR) is 61.5 cm³/mol. The van der Waals surface area contributed by atoms with Crippen LogP contribution in [0.25, 0.3) is 0 Å². The summed E-state index contributed by atoms with van der Waals surface area (Å²) in [6.45, 7) is 3.70. The maximum absolute atomic E-state index is 11.2. The van der Waals surface area contributed by atoms with E-state index in [0.717, 1.165) is 12.8 Å². The van der Waals surface area contributed by atoms with Crippen LogP contribution in [-0.4, -0.2) is 42.1 Å². The molecule has 0 bridgehead atoms. The topological polar surface area (TPSA) is 108 Å². The van der Waals surface area contributed by atoms with Crippen molar-refractivity contribution in [2.24, 2.45) is 0 Å². The van der Waals surface area contributed by atoms with Gasteiger partial charge in [-0.25, -0.2) is 4.79 Å². The van der Waals surface area contributed by atoms with Gasteiger partial charge in [0.1, 0.15) is 6.04 Å². The minimum atomic E-state index is -1.05. The molecule has 0 aromatic rings. The van der Waals surface area contributed by atoms with Crippen LogP contribution in [0.2, 0.25) is 0 Å². The number of carbonyl (C=O) groups is 3. The quantitative estimate of drug-likeness (QED) is 0.460. The van der Waals surface area contributed by atoms with E-state index in [2.05, 4.69) is 16.0 Å². The minimum Gasteiger partial charge on any atom is -0.480 e. The van der Waals surface area contributed by atoms with Gasteiger partial charge in [0.15, 0.2) is 0 Å². The maximum atomic E-state index is 11.2. The van der Waals surface area contributed by atoms with E-state index in [0.29, 0.717) is 6.54 Å². The molecule has 17 heavy (non-hydrogen) atoms. The fourth-order valence-corrected chi connectivity index (χ4v) is 0.927. The van der Waals surface area contributed by atoms with Crippen molar-refractivity contribution >= 4 is 17.9 Å². The Balaban J connectivity index is 3.71. The standard InChI is InChI=1S/C10H19N3O4/c1-3-4-5-11-10(17)13-8(14)6-12-7(2)9(15)16/h7,12H,3-6H2,1-2H3,(H,15,16)(H2,11,13,14,17)/t7-/m1/s1. The normalized spacial score (nSPS) is 11.6. The molecule has 7 heteroatoms. The molecule has 0 heterocycles. The van der Waals surface area contributed by atoms with Crippen LogP contribution in [0.4, 0.5) is 4.79 Å². The lowest BCUT2D eigenvalue weighted by Gasteiger charge is -2.09. The first-order chi connectivity index (χ1) is 7.97. The van der Waals surface area contributed by atoms with E-state index in [-0.39, 0.29) is 6.54 Å². The van der Waals surface area contributed by atoms with E-state index in [1.807, 2.05) is 6.92 Å². The van der Waals surface area contributed by atoms with Gasteiger partial charge in [-0.3, -0.25) is 20.2 Å². The summed E-state index contributed by atoms with van der Waals surface area (Å²) in [5.74, 6) is -1.61. The van der Waals surface area contributed by atoms with E-state index in [1.54, 1.807) is 0 Å². The summed E-state index contributed by atoms with van der Waals surface area (Å²) in [5, 5.41) is 15.6. The molecular formula is C10H19N3O4. The Morgan fingerprint density at radius 1 is 1.29 bits per heavy atom. The highest BCUT2D eigenvalue weighted by Crippen LogP contribution is 1.82. The molecule has 7 nitrogen and oxygen atoms in total. The highest BCUT2D eigenvalue weighted by Gasteiger charge is 2.12. The fraction of sp³-hybridized carbons (Fsp3) is 0.700. The molecule has 0 aliphatic rings. The number of hydrogen-bond acceptors (Lipinski definition) is 4. The Kier molecular flexibility index (Phi) is 7.70. The van der Waals surface area contributed by atoms with E-state index in [4.69, 9.17) is 5.11 Å². The van der Waals surface area contributed by atoms with Crippen LogP contribution in [0.3, 0.4) is 0 Å². The lowest BCUT2D eigenvalue weighted by molar-refractivity contribution is -0.139. The van der Waals surface area contributed by atoms with Gasteiger partial charge in [-0.1, -0.05) is 13.3 Å². The molecule has 0 fully saturated rings. The smallest absolute Gasteiger partial charge is 0.321 e. The molecule has 0 spiro atoms. The van der Waals surface area contributed by atoms with Crippen LogP contribution in [0.5, 0.6) is 0 Å². The predicted octanol–water partition coefficient (Wildman–Crippen LogP) is -0.325. The Morgan fingerprint density at radius 3 is 2.47 bits per heavy atom. The van der Waals surface area contributed by atoms with Crippen molar-refractivity contribution < 1.29 is 19.5 Å². The van der Waals surface area contributed by atoms with Crippen LogP contribution in [0.1, 0.15) is 26.7 Å². The van der Waals surface area contributed by atoms with Crippen LogP contribution < -0.4 is 16.0 Å². The van der Waals surface area contributed by atoms with E-state index in [1.165, 1.54) is 6.92 Å². The van der Waals surface area contributed by atoms with Crippen LogP contribution in [-0.2, 0) is 9.59 Å². The minimum absolute atomic E-state index is 0.214. The zero-order valence-electron chi connectivity index (χ0n) is 10.1. The number of nitrogens with one attached hydrogen (secondary N) is 3. The van der Waals surface area contributed by atoms with Gasteiger partial charge in [0, 0.05) is 6.54 Å². The second-order valence-electron chi connectivity index (χ2n) is 3.60. The number of amides is 3. The van der Waals surface area contributed by atoms with Gasteiger partial charge in [-0.2, -0.15) is 0 Å². The van der Waals surface area contributed by atoms with Gasteiger partial charge in [-0.15, -0.1) is 0 Å². The number of carbonyl (C=O) groups excluding carboxylic acids is 2. The lowest BCUT2D eigenvalue weighted by atomic mass is 10.3. The maximum Gasteiger partial charge on any atom is 0.321 e. The first kappa shape index (κ1) is 15.4. The highest BCUT2D eigenvalue weighted by atomic mass is 16.4. The zero-order chi connectivity index (χ0) is 13.3. The van der Waals surface area contributed by atoms with E-state index < -0.39 is 23.9 Å². The number of imide groups is 1. The zero-order valence-corrected chi connectivity index (χ0v) is 10.1. The fourth-order valence-electron chi connectivity index (χ4n) is 0.927. The van der Waals surface area contributed by atoms with Crippen molar-refractivity contribution in [1.82, 2.24) is 16.0 Å². The summed E-state index contributed by atoms with van der Waals surface area (Å²) in [7, 11) is 0. The molecule has 98 valence electrons. The summed E-state index contributed by atoms with van der Waals surface area (Å²) in [6.07, 6.45) is 1.79. The molecule has 0 radical (unpaired) electrons. The monoisotopic (exact) mass is 245 g/mol. The van der Waals surface area contributed by atoms with Gasteiger partial charge < -0.3 is 10.4 Å². The average molecular weight is 245 g/mol. The van der Waals surface area contributed by atoms with E-state index >= 15 is 0 Å². The summed E-state index contributed by atoms with van der Waals surface area (Å²) >= 11 is 0. The number of hydrogen-bond donors (Lipinski definition) is 4. The van der Waals surface area contributed by atoms with Crippen molar-refractivity contribution in [1.29, 1.82) is 0 Å². The average Bonchev–Trinajstić information content (AvgIpc) is 2.26. The number of unbranched alkanes of at least 4 members (excludes halogenated alkanes) is 1. The van der Waals surface area contributed by atoms with Gasteiger partial charge in [0.25, 0.3) is 0 Å². The Bertz CT molecular complexity index is 281. The van der Waals surface area contributed by atoms with Crippen molar-refractivity contribution in [3.05, 3.63) is 0 Å². The third-order valence-electron chi connectivity index (χ3n) is 2.01. The third-order valence-corrected chi connectivity index (χ3v) is 2.01.